The second kappa shape index (κ2) is 9.02. The van der Waals surface area contributed by atoms with E-state index in [0.29, 0.717) is 19.6 Å². The Labute approximate surface area is 141 Å². The molecule has 4 amide bonds. The first-order valence-corrected chi connectivity index (χ1v) is 8.03. The highest BCUT2D eigenvalue weighted by atomic mass is 16.5. The molecule has 1 aromatic carbocycles. The third-order valence-electron chi connectivity index (χ3n) is 3.80. The summed E-state index contributed by atoms with van der Waals surface area (Å²) in [5, 5.41) is 5.41. The molecule has 0 saturated carbocycles. The van der Waals surface area contributed by atoms with Gasteiger partial charge in [-0.05, 0) is 18.4 Å². The zero-order valence-corrected chi connectivity index (χ0v) is 13.8. The summed E-state index contributed by atoms with van der Waals surface area (Å²) in [6.45, 7) is 1.37. The standard InChI is InChI=1S/C17H23N3O4/c1-24-11-5-10-18-15(21)9-8-14-16(22)20(17(23)19-14)12-13-6-3-2-4-7-13/h2-4,6-7,14H,5,8-12H2,1H3,(H,18,21)(H,19,23)/t14-/m1/s1. The molecule has 1 aliphatic heterocycles. The number of methoxy groups -OCH3 is 1. The summed E-state index contributed by atoms with van der Waals surface area (Å²) in [4.78, 5) is 37.2. The molecule has 0 bridgehead atoms. The van der Waals surface area contributed by atoms with Crippen molar-refractivity contribution in [2.24, 2.45) is 0 Å². The average molecular weight is 333 g/mol. The van der Waals surface area contributed by atoms with Gasteiger partial charge in [-0.25, -0.2) is 4.79 Å². The number of hydrogen-bond donors (Lipinski definition) is 2. The van der Waals surface area contributed by atoms with Crippen LogP contribution in [0, 0.1) is 0 Å². The van der Waals surface area contributed by atoms with Gasteiger partial charge >= 0.3 is 6.03 Å². The van der Waals surface area contributed by atoms with E-state index in [-0.39, 0.29) is 24.8 Å². The summed E-state index contributed by atoms with van der Waals surface area (Å²) in [5.41, 5.74) is 0.887. The Morgan fingerprint density at radius 3 is 2.75 bits per heavy atom. The molecule has 0 aromatic heterocycles. The van der Waals surface area contributed by atoms with E-state index in [0.717, 1.165) is 12.0 Å². The van der Waals surface area contributed by atoms with E-state index in [9.17, 15) is 14.4 Å². The van der Waals surface area contributed by atoms with E-state index < -0.39 is 12.1 Å². The Balaban J connectivity index is 1.78. The Morgan fingerprint density at radius 2 is 2.04 bits per heavy atom. The van der Waals surface area contributed by atoms with Gasteiger partial charge in [0, 0.05) is 26.7 Å². The third kappa shape index (κ3) is 5.06. The van der Waals surface area contributed by atoms with Crippen LogP contribution < -0.4 is 10.6 Å². The highest BCUT2D eigenvalue weighted by Gasteiger charge is 2.37. The highest BCUT2D eigenvalue weighted by Crippen LogP contribution is 2.14. The summed E-state index contributed by atoms with van der Waals surface area (Å²) in [5.74, 6) is -0.411. The number of carbonyl (C=O) groups is 3. The van der Waals surface area contributed by atoms with E-state index in [2.05, 4.69) is 10.6 Å². The smallest absolute Gasteiger partial charge is 0.325 e. The molecule has 1 heterocycles. The summed E-state index contributed by atoms with van der Waals surface area (Å²) < 4.78 is 4.90. The number of hydrogen-bond acceptors (Lipinski definition) is 4. The Bertz CT molecular complexity index is 576. The summed E-state index contributed by atoms with van der Waals surface area (Å²) in [6.07, 6.45) is 1.24. The van der Waals surface area contributed by atoms with Crippen molar-refractivity contribution in [1.29, 1.82) is 0 Å². The lowest BCUT2D eigenvalue weighted by Gasteiger charge is -2.13. The second-order valence-corrected chi connectivity index (χ2v) is 5.65. The normalized spacial score (nSPS) is 17.0. The second-order valence-electron chi connectivity index (χ2n) is 5.65. The van der Waals surface area contributed by atoms with Crippen LogP contribution >= 0.6 is 0 Å². The Kier molecular flexibility index (Phi) is 6.74. The lowest BCUT2D eigenvalue weighted by molar-refractivity contribution is -0.128. The molecule has 0 unspecified atom stereocenters. The van der Waals surface area contributed by atoms with Gasteiger partial charge in [0.25, 0.3) is 5.91 Å². The van der Waals surface area contributed by atoms with Crippen molar-refractivity contribution in [3.63, 3.8) is 0 Å². The Hall–Kier alpha value is -2.41. The number of carbonyl (C=O) groups excluding carboxylic acids is 3. The molecular formula is C17H23N3O4. The minimum atomic E-state index is -0.633. The molecule has 0 aliphatic carbocycles. The lowest BCUT2D eigenvalue weighted by atomic mass is 10.1. The quantitative estimate of drug-likeness (QED) is 0.522. The van der Waals surface area contributed by atoms with Gasteiger partial charge in [0.15, 0.2) is 0 Å². The monoisotopic (exact) mass is 333 g/mol. The maximum atomic E-state index is 12.3. The van der Waals surface area contributed by atoms with Crippen LogP contribution in [-0.2, 0) is 20.9 Å². The molecule has 2 N–H and O–H groups in total. The molecule has 7 nitrogen and oxygen atoms in total. The van der Waals surface area contributed by atoms with E-state index in [1.54, 1.807) is 7.11 Å². The topological polar surface area (TPSA) is 87.7 Å². The van der Waals surface area contributed by atoms with E-state index in [1.165, 1.54) is 4.90 Å². The number of rotatable bonds is 9. The number of imide groups is 1. The molecule has 0 radical (unpaired) electrons. The van der Waals surface area contributed by atoms with Crippen LogP contribution in [-0.4, -0.2) is 49.0 Å². The first kappa shape index (κ1) is 17.9. The summed E-state index contributed by atoms with van der Waals surface area (Å²) in [6, 6.07) is 8.28. The molecule has 7 heteroatoms. The minimum absolute atomic E-state index is 0.130. The molecule has 1 saturated heterocycles. The fraction of sp³-hybridized carbons (Fsp3) is 0.471. The van der Waals surface area contributed by atoms with Gasteiger partial charge in [0.2, 0.25) is 5.91 Å². The van der Waals surface area contributed by atoms with Gasteiger partial charge in [-0.15, -0.1) is 0 Å². The molecule has 1 atom stereocenters. The minimum Gasteiger partial charge on any atom is -0.385 e. The van der Waals surface area contributed by atoms with Crippen LogP contribution in [0.15, 0.2) is 30.3 Å². The molecule has 1 fully saturated rings. The van der Waals surface area contributed by atoms with Crippen LogP contribution in [0.3, 0.4) is 0 Å². The zero-order valence-electron chi connectivity index (χ0n) is 13.8. The summed E-state index contributed by atoms with van der Waals surface area (Å²) >= 11 is 0. The van der Waals surface area contributed by atoms with Crippen molar-refractivity contribution in [3.8, 4) is 0 Å². The Morgan fingerprint density at radius 1 is 1.29 bits per heavy atom. The number of nitrogens with zero attached hydrogens (tertiary/aromatic N) is 1. The molecule has 1 aromatic rings. The fourth-order valence-electron chi connectivity index (χ4n) is 2.50. The number of urea groups is 1. The molecule has 0 spiro atoms. The fourth-order valence-corrected chi connectivity index (χ4v) is 2.50. The first-order valence-electron chi connectivity index (χ1n) is 8.03. The van der Waals surface area contributed by atoms with Gasteiger partial charge in [-0.1, -0.05) is 30.3 Å². The van der Waals surface area contributed by atoms with Gasteiger partial charge in [-0.2, -0.15) is 0 Å². The molecule has 24 heavy (non-hydrogen) atoms. The van der Waals surface area contributed by atoms with Crippen LogP contribution in [0.25, 0.3) is 0 Å². The van der Waals surface area contributed by atoms with Gasteiger partial charge < -0.3 is 15.4 Å². The van der Waals surface area contributed by atoms with Gasteiger partial charge in [0.05, 0.1) is 6.54 Å². The zero-order chi connectivity index (χ0) is 17.4. The molecular weight excluding hydrogens is 310 g/mol. The van der Waals surface area contributed by atoms with Crippen molar-refractivity contribution in [3.05, 3.63) is 35.9 Å². The number of benzene rings is 1. The van der Waals surface area contributed by atoms with Crippen molar-refractivity contribution in [1.82, 2.24) is 15.5 Å². The lowest BCUT2D eigenvalue weighted by Crippen LogP contribution is -2.32. The molecule has 2 rings (SSSR count). The number of nitrogens with one attached hydrogen (secondary N) is 2. The van der Waals surface area contributed by atoms with Crippen LogP contribution in [0.4, 0.5) is 4.79 Å². The van der Waals surface area contributed by atoms with E-state index in [1.807, 2.05) is 30.3 Å². The molecule has 1 aliphatic rings. The SMILES string of the molecule is COCCCNC(=O)CC[C@H]1NC(=O)N(Cc2ccccc2)C1=O. The number of amides is 4. The summed E-state index contributed by atoms with van der Waals surface area (Å²) in [7, 11) is 1.61. The largest absolute Gasteiger partial charge is 0.385 e. The maximum absolute atomic E-state index is 12.3. The van der Waals surface area contributed by atoms with Crippen molar-refractivity contribution in [2.75, 3.05) is 20.3 Å². The predicted molar refractivity (Wildman–Crippen MR) is 88.0 cm³/mol. The maximum Gasteiger partial charge on any atom is 0.325 e. The third-order valence-corrected chi connectivity index (χ3v) is 3.80. The van der Waals surface area contributed by atoms with E-state index >= 15 is 0 Å². The average Bonchev–Trinajstić information content (AvgIpc) is 2.85. The molecule has 130 valence electrons. The van der Waals surface area contributed by atoms with Crippen molar-refractivity contribution >= 4 is 17.8 Å². The van der Waals surface area contributed by atoms with Crippen LogP contribution in [0.5, 0.6) is 0 Å². The van der Waals surface area contributed by atoms with Gasteiger partial charge in [-0.3, -0.25) is 14.5 Å². The van der Waals surface area contributed by atoms with E-state index in [4.69, 9.17) is 4.74 Å². The van der Waals surface area contributed by atoms with Gasteiger partial charge in [0.1, 0.15) is 6.04 Å². The highest BCUT2D eigenvalue weighted by molar-refractivity contribution is 6.04. The van der Waals surface area contributed by atoms with Crippen molar-refractivity contribution in [2.45, 2.75) is 31.8 Å². The first-order chi connectivity index (χ1) is 11.6. The van der Waals surface area contributed by atoms with Crippen molar-refractivity contribution < 1.29 is 19.1 Å². The van der Waals surface area contributed by atoms with Crippen LogP contribution in [0.1, 0.15) is 24.8 Å². The van der Waals surface area contributed by atoms with Crippen LogP contribution in [0.2, 0.25) is 0 Å². The predicted octanol–water partition coefficient (Wildman–Crippen LogP) is 1.04. The number of ether oxygens (including phenoxy) is 1.